The number of nitriles is 1. The fourth-order valence-corrected chi connectivity index (χ4v) is 2.62. The third kappa shape index (κ3) is 2.21. The third-order valence-electron chi connectivity index (χ3n) is 3.57. The van der Waals surface area contributed by atoms with Crippen molar-refractivity contribution in [3.63, 3.8) is 0 Å². The van der Waals surface area contributed by atoms with Crippen molar-refractivity contribution < 1.29 is 4.39 Å². The zero-order valence-corrected chi connectivity index (χ0v) is 12.8. The molecule has 0 amide bonds. The van der Waals surface area contributed by atoms with Gasteiger partial charge in [-0.25, -0.2) is 18.9 Å². The molecule has 0 atom stereocenters. The number of nitrogens with zero attached hydrogens (tertiary/aromatic N) is 5. The minimum Gasteiger partial charge on any atom is -0.343 e. The van der Waals surface area contributed by atoms with Gasteiger partial charge < -0.3 is 4.98 Å². The average Bonchev–Trinajstić information content (AvgIpc) is 3.23. The number of imidazole rings is 2. The van der Waals surface area contributed by atoms with Crippen molar-refractivity contribution in [2.75, 3.05) is 0 Å². The fraction of sp³-hybridized carbons (Fsp3) is 0. The summed E-state index contributed by atoms with van der Waals surface area (Å²) < 4.78 is 14.8. The summed E-state index contributed by atoms with van der Waals surface area (Å²) in [5.74, 6) is -0.492. The van der Waals surface area contributed by atoms with E-state index < -0.39 is 5.82 Å². The topological polar surface area (TPSA) is 82.7 Å². The summed E-state index contributed by atoms with van der Waals surface area (Å²) in [7, 11) is 0. The number of aromatic nitrogens is 5. The molecule has 3 aromatic heterocycles. The molecule has 3 heterocycles. The maximum Gasteiger partial charge on any atom is 0.162 e. The summed E-state index contributed by atoms with van der Waals surface area (Å²) >= 11 is 5.86. The number of hydrogen-bond donors (Lipinski definition) is 1. The number of halogens is 2. The molecular weight excluding hydrogens is 331 g/mol. The number of fused-ring (bicyclic) bond motifs is 1. The van der Waals surface area contributed by atoms with Gasteiger partial charge in [0.05, 0.1) is 28.9 Å². The summed E-state index contributed by atoms with van der Waals surface area (Å²) in [5, 5.41) is 13.6. The van der Waals surface area contributed by atoms with Gasteiger partial charge in [0.15, 0.2) is 11.3 Å². The highest BCUT2D eigenvalue weighted by Gasteiger charge is 2.15. The van der Waals surface area contributed by atoms with Crippen molar-refractivity contribution in [2.24, 2.45) is 0 Å². The Kier molecular flexibility index (Phi) is 3.25. The molecular formula is C16H8ClFN6. The first kappa shape index (κ1) is 14.4. The van der Waals surface area contributed by atoms with Crippen molar-refractivity contribution in [3.8, 4) is 28.7 Å². The summed E-state index contributed by atoms with van der Waals surface area (Å²) in [6.45, 7) is 0. The van der Waals surface area contributed by atoms with Crippen LogP contribution >= 0.6 is 11.6 Å². The molecule has 0 aliphatic rings. The van der Waals surface area contributed by atoms with E-state index in [0.717, 1.165) is 0 Å². The SMILES string of the molecule is N#Cc1cnc2ccc(-c3[nH]cnc3-c3ccc(F)c(Cl)c3)nn12. The molecule has 0 spiro atoms. The first-order chi connectivity index (χ1) is 11.7. The number of benzene rings is 1. The van der Waals surface area contributed by atoms with Gasteiger partial charge in [-0.05, 0) is 30.3 Å². The highest BCUT2D eigenvalue weighted by Crippen LogP contribution is 2.30. The summed E-state index contributed by atoms with van der Waals surface area (Å²) in [6.07, 6.45) is 2.98. The molecule has 0 saturated heterocycles. The smallest absolute Gasteiger partial charge is 0.162 e. The lowest BCUT2D eigenvalue weighted by Gasteiger charge is -2.04. The normalized spacial score (nSPS) is 10.9. The van der Waals surface area contributed by atoms with Gasteiger partial charge in [-0.2, -0.15) is 10.4 Å². The van der Waals surface area contributed by atoms with Gasteiger partial charge in [0.25, 0.3) is 0 Å². The molecule has 4 aromatic rings. The highest BCUT2D eigenvalue weighted by atomic mass is 35.5. The molecule has 6 nitrogen and oxygen atoms in total. The zero-order valence-electron chi connectivity index (χ0n) is 12.0. The van der Waals surface area contributed by atoms with Crippen LogP contribution < -0.4 is 0 Å². The number of rotatable bonds is 2. The summed E-state index contributed by atoms with van der Waals surface area (Å²) in [6, 6.07) is 9.95. The monoisotopic (exact) mass is 338 g/mol. The van der Waals surface area contributed by atoms with E-state index in [1.807, 2.05) is 6.07 Å². The fourth-order valence-electron chi connectivity index (χ4n) is 2.43. The van der Waals surface area contributed by atoms with Crippen molar-refractivity contribution in [2.45, 2.75) is 0 Å². The number of H-pyrrole nitrogens is 1. The van der Waals surface area contributed by atoms with Crippen LogP contribution in [0, 0.1) is 17.1 Å². The standard InChI is InChI=1S/C16H8ClFN6/c17-11-5-9(1-2-12(11)18)15-16(22-8-21-15)13-3-4-14-20-7-10(6-19)24(14)23-13/h1-5,7-8H,(H,21,22). The van der Waals surface area contributed by atoms with Crippen LogP contribution in [0.5, 0.6) is 0 Å². The second-order valence-corrected chi connectivity index (χ2v) is 5.41. The molecule has 8 heteroatoms. The molecule has 24 heavy (non-hydrogen) atoms. The summed E-state index contributed by atoms with van der Waals surface area (Å²) in [5.41, 5.74) is 3.36. The Bertz CT molecular complexity index is 1110. The van der Waals surface area contributed by atoms with E-state index in [1.165, 1.54) is 29.2 Å². The lowest BCUT2D eigenvalue weighted by Crippen LogP contribution is -1.97. The van der Waals surface area contributed by atoms with Gasteiger partial charge in [0, 0.05) is 5.56 Å². The Morgan fingerprint density at radius 2 is 2.08 bits per heavy atom. The highest BCUT2D eigenvalue weighted by molar-refractivity contribution is 6.31. The molecule has 0 aliphatic carbocycles. The number of hydrogen-bond acceptors (Lipinski definition) is 4. The molecule has 116 valence electrons. The first-order valence-corrected chi connectivity index (χ1v) is 7.29. The predicted octanol–water partition coefficient (Wildman–Crippen LogP) is 3.45. The van der Waals surface area contributed by atoms with Crippen LogP contribution in [0.4, 0.5) is 4.39 Å². The van der Waals surface area contributed by atoms with Gasteiger partial charge in [-0.1, -0.05) is 11.6 Å². The Labute approximate surface area is 140 Å². The Balaban J connectivity index is 1.88. The molecule has 0 radical (unpaired) electrons. The lowest BCUT2D eigenvalue weighted by molar-refractivity contribution is 0.628. The maximum atomic E-state index is 13.4. The number of aromatic amines is 1. The number of nitrogens with one attached hydrogen (secondary N) is 1. The van der Waals surface area contributed by atoms with E-state index >= 15 is 0 Å². The van der Waals surface area contributed by atoms with Crippen LogP contribution in [0.3, 0.4) is 0 Å². The molecule has 0 fully saturated rings. The van der Waals surface area contributed by atoms with Crippen LogP contribution in [-0.2, 0) is 0 Å². The Morgan fingerprint density at radius 1 is 1.21 bits per heavy atom. The lowest BCUT2D eigenvalue weighted by atomic mass is 10.1. The molecule has 0 unspecified atom stereocenters. The Hall–Kier alpha value is -3.24. The van der Waals surface area contributed by atoms with Crippen LogP contribution in [-0.4, -0.2) is 24.6 Å². The first-order valence-electron chi connectivity index (χ1n) is 6.91. The van der Waals surface area contributed by atoms with Gasteiger partial charge in [0.1, 0.15) is 17.6 Å². The van der Waals surface area contributed by atoms with E-state index in [0.29, 0.717) is 34.0 Å². The largest absolute Gasteiger partial charge is 0.343 e. The van der Waals surface area contributed by atoms with Gasteiger partial charge in [-0.15, -0.1) is 0 Å². The van der Waals surface area contributed by atoms with E-state index in [9.17, 15) is 4.39 Å². The van der Waals surface area contributed by atoms with Gasteiger partial charge in [-0.3, -0.25) is 0 Å². The minimum atomic E-state index is -0.492. The second-order valence-electron chi connectivity index (χ2n) is 5.00. The predicted molar refractivity (Wildman–Crippen MR) is 85.7 cm³/mol. The van der Waals surface area contributed by atoms with Crippen molar-refractivity contribution in [1.82, 2.24) is 24.6 Å². The van der Waals surface area contributed by atoms with E-state index in [-0.39, 0.29) is 5.02 Å². The Morgan fingerprint density at radius 3 is 2.88 bits per heavy atom. The van der Waals surface area contributed by atoms with Crippen LogP contribution in [0.15, 0.2) is 42.9 Å². The quantitative estimate of drug-likeness (QED) is 0.607. The molecule has 1 N–H and O–H groups in total. The molecule has 4 rings (SSSR count). The minimum absolute atomic E-state index is 0.0197. The van der Waals surface area contributed by atoms with E-state index in [4.69, 9.17) is 16.9 Å². The van der Waals surface area contributed by atoms with Crippen LogP contribution in [0.25, 0.3) is 28.3 Å². The van der Waals surface area contributed by atoms with Crippen molar-refractivity contribution in [1.29, 1.82) is 5.26 Å². The maximum absolute atomic E-state index is 13.4. The average molecular weight is 339 g/mol. The van der Waals surface area contributed by atoms with Crippen LogP contribution in [0.2, 0.25) is 5.02 Å². The van der Waals surface area contributed by atoms with E-state index in [2.05, 4.69) is 20.1 Å². The van der Waals surface area contributed by atoms with Gasteiger partial charge in [0.2, 0.25) is 0 Å². The van der Waals surface area contributed by atoms with Crippen molar-refractivity contribution >= 4 is 17.2 Å². The molecule has 0 saturated carbocycles. The summed E-state index contributed by atoms with van der Waals surface area (Å²) in [4.78, 5) is 11.4. The van der Waals surface area contributed by atoms with Crippen molar-refractivity contribution in [3.05, 3.63) is 59.4 Å². The second kappa shape index (κ2) is 5.44. The molecule has 0 aliphatic heterocycles. The third-order valence-corrected chi connectivity index (χ3v) is 3.86. The zero-order chi connectivity index (χ0) is 16.7. The van der Waals surface area contributed by atoms with Gasteiger partial charge >= 0.3 is 0 Å². The molecule has 1 aromatic carbocycles. The van der Waals surface area contributed by atoms with E-state index in [1.54, 1.807) is 18.2 Å². The molecule has 0 bridgehead atoms. The van der Waals surface area contributed by atoms with Crippen LogP contribution in [0.1, 0.15) is 5.69 Å².